The molecule has 0 unspecified atom stereocenters. The summed E-state index contributed by atoms with van der Waals surface area (Å²) < 4.78 is 0. The molecule has 4 nitrogen and oxygen atoms in total. The third kappa shape index (κ3) is 5.03. The number of hydrogen-bond donors (Lipinski definition) is 2. The normalized spacial score (nSPS) is 10.5. The molecule has 0 aliphatic heterocycles. The van der Waals surface area contributed by atoms with E-state index in [0.29, 0.717) is 17.1 Å². The summed E-state index contributed by atoms with van der Waals surface area (Å²) in [5.74, 6) is -0.0780. The van der Waals surface area contributed by atoms with Crippen molar-refractivity contribution in [1.29, 1.82) is 5.26 Å². The van der Waals surface area contributed by atoms with Gasteiger partial charge < -0.3 is 10.2 Å². The van der Waals surface area contributed by atoms with E-state index >= 15 is 0 Å². The van der Waals surface area contributed by atoms with Crippen LogP contribution in [0.5, 0.6) is 0 Å². The first-order valence-electron chi connectivity index (χ1n) is 8.43. The fourth-order valence-corrected chi connectivity index (χ4v) is 3.60. The molecule has 0 fully saturated rings. The van der Waals surface area contributed by atoms with E-state index in [2.05, 4.69) is 35.7 Å². The zero-order valence-corrected chi connectivity index (χ0v) is 15.1. The Labute approximate surface area is 157 Å². The monoisotopic (exact) mass is 362 g/mol. The number of carbonyl (C=O) groups excluding carboxylic acids is 1. The Morgan fingerprint density at radius 2 is 1.54 bits per heavy atom. The van der Waals surface area contributed by atoms with Gasteiger partial charge in [-0.2, -0.15) is 5.26 Å². The van der Waals surface area contributed by atoms with Gasteiger partial charge in [0.2, 0.25) is 0 Å². The summed E-state index contributed by atoms with van der Waals surface area (Å²) in [5, 5.41) is 14.4. The minimum Gasteiger partial charge on any atom is -0.320 e. The summed E-state index contributed by atoms with van der Waals surface area (Å²) in [6, 6.07) is 24.2. The SMILES string of the molecule is N#Cc1ccsc1NC(=O)C[NH+](Cc1ccccc1)Cc1ccccc1. The van der Waals surface area contributed by atoms with Gasteiger partial charge in [-0.3, -0.25) is 4.79 Å². The molecule has 1 amide bonds. The van der Waals surface area contributed by atoms with Gasteiger partial charge in [-0.15, -0.1) is 11.3 Å². The van der Waals surface area contributed by atoms with Crippen molar-refractivity contribution in [2.24, 2.45) is 0 Å². The molecule has 3 aromatic rings. The maximum Gasteiger partial charge on any atom is 0.280 e. The highest BCUT2D eigenvalue weighted by atomic mass is 32.1. The largest absolute Gasteiger partial charge is 0.320 e. The lowest BCUT2D eigenvalue weighted by molar-refractivity contribution is -0.919. The van der Waals surface area contributed by atoms with E-state index in [4.69, 9.17) is 5.26 Å². The van der Waals surface area contributed by atoms with Crippen LogP contribution in [-0.2, 0) is 17.9 Å². The van der Waals surface area contributed by atoms with Crippen LogP contribution in [0.2, 0.25) is 0 Å². The molecule has 0 aliphatic rings. The molecular weight excluding hydrogens is 342 g/mol. The fourth-order valence-electron chi connectivity index (χ4n) is 2.85. The number of rotatable bonds is 7. The molecular formula is C21H20N3OS+. The van der Waals surface area contributed by atoms with Crippen molar-refractivity contribution >= 4 is 22.2 Å². The van der Waals surface area contributed by atoms with Crippen LogP contribution in [0.3, 0.4) is 0 Å². The maximum absolute atomic E-state index is 12.5. The zero-order chi connectivity index (χ0) is 18.2. The van der Waals surface area contributed by atoms with Crippen molar-refractivity contribution < 1.29 is 9.69 Å². The molecule has 130 valence electrons. The van der Waals surface area contributed by atoms with E-state index in [1.54, 1.807) is 6.07 Å². The fraction of sp³-hybridized carbons (Fsp3) is 0.143. The standard InChI is InChI=1S/C21H19N3OS/c22-13-19-11-12-26-21(19)23-20(25)16-24(14-17-7-3-1-4-8-17)15-18-9-5-2-6-10-18/h1-12H,14-16H2,(H,23,25)/p+1. The molecule has 26 heavy (non-hydrogen) atoms. The third-order valence-corrected chi connectivity index (χ3v) is 4.87. The molecule has 2 N–H and O–H groups in total. The van der Waals surface area contributed by atoms with Gasteiger partial charge in [0.25, 0.3) is 5.91 Å². The molecule has 5 heteroatoms. The Morgan fingerprint density at radius 1 is 0.962 bits per heavy atom. The Kier molecular flexibility index (Phi) is 6.15. The van der Waals surface area contributed by atoms with Crippen molar-refractivity contribution in [2.45, 2.75) is 13.1 Å². The number of thiophene rings is 1. The van der Waals surface area contributed by atoms with E-state index in [-0.39, 0.29) is 5.91 Å². The van der Waals surface area contributed by atoms with E-state index in [0.717, 1.165) is 18.0 Å². The van der Waals surface area contributed by atoms with Gasteiger partial charge >= 0.3 is 0 Å². The molecule has 2 aromatic carbocycles. The Balaban J connectivity index is 1.70. The molecule has 0 saturated heterocycles. The summed E-state index contributed by atoms with van der Waals surface area (Å²) in [6.45, 7) is 1.87. The van der Waals surface area contributed by atoms with Gasteiger partial charge in [0.05, 0.1) is 5.56 Å². The highest BCUT2D eigenvalue weighted by molar-refractivity contribution is 7.14. The van der Waals surface area contributed by atoms with Crippen molar-refractivity contribution in [1.82, 2.24) is 0 Å². The second-order valence-electron chi connectivity index (χ2n) is 6.07. The number of hydrogen-bond acceptors (Lipinski definition) is 3. The molecule has 0 spiro atoms. The highest BCUT2D eigenvalue weighted by Gasteiger charge is 2.17. The van der Waals surface area contributed by atoms with Gasteiger partial charge in [0, 0.05) is 11.1 Å². The maximum atomic E-state index is 12.5. The van der Waals surface area contributed by atoms with Gasteiger partial charge in [0.15, 0.2) is 6.54 Å². The Hall–Kier alpha value is -2.94. The lowest BCUT2D eigenvalue weighted by atomic mass is 10.1. The molecule has 0 radical (unpaired) electrons. The van der Waals surface area contributed by atoms with Crippen LogP contribution in [0.1, 0.15) is 16.7 Å². The number of nitrogens with one attached hydrogen (secondary N) is 2. The second-order valence-corrected chi connectivity index (χ2v) is 6.99. The van der Waals surface area contributed by atoms with Crippen molar-refractivity contribution in [3.63, 3.8) is 0 Å². The Morgan fingerprint density at radius 3 is 2.08 bits per heavy atom. The quantitative estimate of drug-likeness (QED) is 0.679. The van der Waals surface area contributed by atoms with Crippen LogP contribution in [0, 0.1) is 11.3 Å². The average Bonchev–Trinajstić information content (AvgIpc) is 3.10. The summed E-state index contributed by atoms with van der Waals surface area (Å²) in [4.78, 5) is 13.7. The van der Waals surface area contributed by atoms with Crippen LogP contribution in [0.25, 0.3) is 0 Å². The molecule has 3 rings (SSSR count). The van der Waals surface area contributed by atoms with E-state index < -0.39 is 0 Å². The van der Waals surface area contributed by atoms with Crippen LogP contribution in [0.15, 0.2) is 72.1 Å². The summed E-state index contributed by atoms with van der Waals surface area (Å²) in [5.41, 5.74) is 2.90. The first-order chi connectivity index (χ1) is 12.7. The van der Waals surface area contributed by atoms with E-state index in [9.17, 15) is 4.79 Å². The topological polar surface area (TPSA) is 57.3 Å². The summed E-state index contributed by atoms with van der Waals surface area (Å²) in [6.07, 6.45) is 0. The van der Waals surface area contributed by atoms with Crippen LogP contribution >= 0.6 is 11.3 Å². The molecule has 1 heterocycles. The van der Waals surface area contributed by atoms with Crippen molar-refractivity contribution in [3.05, 3.63) is 88.8 Å². The lowest BCUT2D eigenvalue weighted by Crippen LogP contribution is -3.10. The first kappa shape index (κ1) is 17.9. The zero-order valence-electron chi connectivity index (χ0n) is 14.3. The van der Waals surface area contributed by atoms with Crippen molar-refractivity contribution in [2.75, 3.05) is 11.9 Å². The molecule has 0 atom stereocenters. The van der Waals surface area contributed by atoms with Gasteiger partial charge in [0.1, 0.15) is 24.2 Å². The average molecular weight is 362 g/mol. The van der Waals surface area contributed by atoms with E-state index in [1.165, 1.54) is 22.5 Å². The Bertz CT molecular complexity index is 843. The number of amides is 1. The van der Waals surface area contributed by atoms with Crippen LogP contribution < -0.4 is 10.2 Å². The minimum atomic E-state index is -0.0780. The number of benzene rings is 2. The number of anilines is 1. The molecule has 0 saturated carbocycles. The molecule has 0 bridgehead atoms. The third-order valence-electron chi connectivity index (χ3n) is 4.04. The van der Waals surface area contributed by atoms with Crippen molar-refractivity contribution in [3.8, 4) is 6.07 Å². The first-order valence-corrected chi connectivity index (χ1v) is 9.31. The number of nitrogens with zero attached hydrogens (tertiary/aromatic N) is 1. The number of carbonyl (C=O) groups is 1. The van der Waals surface area contributed by atoms with Crippen LogP contribution in [0.4, 0.5) is 5.00 Å². The molecule has 0 aliphatic carbocycles. The predicted molar refractivity (Wildman–Crippen MR) is 104 cm³/mol. The van der Waals surface area contributed by atoms with Gasteiger partial charge in [-0.25, -0.2) is 0 Å². The van der Waals surface area contributed by atoms with Gasteiger partial charge in [-0.1, -0.05) is 60.7 Å². The van der Waals surface area contributed by atoms with Crippen LogP contribution in [-0.4, -0.2) is 12.5 Å². The van der Waals surface area contributed by atoms with Gasteiger partial charge in [-0.05, 0) is 11.4 Å². The highest BCUT2D eigenvalue weighted by Crippen LogP contribution is 2.21. The summed E-state index contributed by atoms with van der Waals surface area (Å²) >= 11 is 1.37. The molecule has 1 aromatic heterocycles. The minimum absolute atomic E-state index is 0.0780. The number of nitriles is 1. The summed E-state index contributed by atoms with van der Waals surface area (Å²) in [7, 11) is 0. The smallest absolute Gasteiger partial charge is 0.280 e. The van der Waals surface area contributed by atoms with E-state index in [1.807, 2.05) is 41.8 Å². The lowest BCUT2D eigenvalue weighted by Gasteiger charge is -2.19. The number of quaternary nitrogens is 1. The second kappa shape index (κ2) is 8.95. The predicted octanol–water partition coefficient (Wildman–Crippen LogP) is 2.84.